The molecule has 5 heteroatoms. The summed E-state index contributed by atoms with van der Waals surface area (Å²) in [5.41, 5.74) is 0.336. The van der Waals surface area contributed by atoms with E-state index in [0.717, 1.165) is 0 Å². The molecule has 1 aromatic carbocycles. The molecule has 0 radical (unpaired) electrons. The molecular weight excluding hydrogens is 308 g/mol. The van der Waals surface area contributed by atoms with Crippen LogP contribution in [0.1, 0.15) is 26.3 Å². The standard InChI is InChI=1S/C12H14BrF2NS/c1-12(2,3)17-16-10(7-14)8-5-4-6-9(13)11(8)15/h4-6H,7H2,1-3H3. The molecule has 0 saturated heterocycles. The van der Waals surface area contributed by atoms with Crippen LogP contribution in [0.2, 0.25) is 0 Å². The Hall–Kier alpha value is -0.420. The summed E-state index contributed by atoms with van der Waals surface area (Å²) < 4.78 is 30.9. The molecule has 0 aliphatic rings. The van der Waals surface area contributed by atoms with Crippen LogP contribution in [0.15, 0.2) is 27.1 Å². The first-order valence-corrected chi connectivity index (χ1v) is 6.67. The molecule has 17 heavy (non-hydrogen) atoms. The Balaban J connectivity index is 3.06. The molecule has 0 amide bonds. The van der Waals surface area contributed by atoms with Crippen molar-refractivity contribution in [1.29, 1.82) is 0 Å². The Bertz CT molecular complexity index is 427. The van der Waals surface area contributed by atoms with Crippen molar-refractivity contribution in [3.63, 3.8) is 0 Å². The summed E-state index contributed by atoms with van der Waals surface area (Å²) in [7, 11) is 0. The highest BCUT2D eigenvalue weighted by atomic mass is 79.9. The normalized spacial score (nSPS) is 12.9. The molecule has 0 unspecified atom stereocenters. The van der Waals surface area contributed by atoms with Gasteiger partial charge in [0, 0.05) is 10.3 Å². The van der Waals surface area contributed by atoms with Gasteiger partial charge in [0.25, 0.3) is 0 Å². The molecule has 0 aliphatic carbocycles. The first-order valence-electron chi connectivity index (χ1n) is 5.10. The first kappa shape index (κ1) is 14.6. The Kier molecular flexibility index (Phi) is 5.13. The predicted molar refractivity (Wildman–Crippen MR) is 74.0 cm³/mol. The molecule has 0 saturated carbocycles. The molecule has 1 rings (SSSR count). The molecule has 0 N–H and O–H groups in total. The number of alkyl halides is 1. The van der Waals surface area contributed by atoms with E-state index in [-0.39, 0.29) is 16.0 Å². The molecule has 1 nitrogen and oxygen atoms in total. The van der Waals surface area contributed by atoms with E-state index in [1.807, 2.05) is 20.8 Å². The summed E-state index contributed by atoms with van der Waals surface area (Å²) in [4.78, 5) is 0. The minimum atomic E-state index is -0.781. The molecule has 0 heterocycles. The van der Waals surface area contributed by atoms with Crippen LogP contribution < -0.4 is 0 Å². The zero-order valence-electron chi connectivity index (χ0n) is 9.93. The van der Waals surface area contributed by atoms with Crippen LogP contribution in [0.5, 0.6) is 0 Å². The molecule has 1 aromatic rings. The molecule has 0 aromatic heterocycles. The smallest absolute Gasteiger partial charge is 0.146 e. The summed E-state index contributed by atoms with van der Waals surface area (Å²) in [6, 6.07) is 4.77. The van der Waals surface area contributed by atoms with Crippen LogP contribution >= 0.6 is 27.9 Å². The summed E-state index contributed by atoms with van der Waals surface area (Å²) in [5, 5.41) is 0. The number of nitrogens with zero attached hydrogens (tertiary/aromatic N) is 1. The zero-order chi connectivity index (χ0) is 13.1. The van der Waals surface area contributed by atoms with Gasteiger partial charge in [0.1, 0.15) is 12.5 Å². The minimum absolute atomic E-state index is 0.122. The van der Waals surface area contributed by atoms with Gasteiger partial charge in [0.2, 0.25) is 0 Å². The van der Waals surface area contributed by atoms with E-state index in [0.29, 0.717) is 4.47 Å². The maximum atomic E-state index is 13.8. The lowest BCUT2D eigenvalue weighted by molar-refractivity contribution is 0.576. The van der Waals surface area contributed by atoms with Crippen LogP contribution in [-0.4, -0.2) is 17.1 Å². The summed E-state index contributed by atoms with van der Waals surface area (Å²) >= 11 is 4.32. The molecule has 0 fully saturated rings. The third-order valence-electron chi connectivity index (χ3n) is 1.82. The van der Waals surface area contributed by atoms with Crippen LogP contribution in [0.25, 0.3) is 0 Å². The van der Waals surface area contributed by atoms with E-state index in [1.54, 1.807) is 12.1 Å². The number of hydrogen-bond donors (Lipinski definition) is 0. The molecule has 0 atom stereocenters. The summed E-state index contributed by atoms with van der Waals surface area (Å²) in [6.07, 6.45) is 0. The van der Waals surface area contributed by atoms with Crippen molar-refractivity contribution >= 4 is 33.6 Å². The van der Waals surface area contributed by atoms with Gasteiger partial charge in [-0.05, 0) is 60.8 Å². The van der Waals surface area contributed by atoms with Crippen molar-refractivity contribution in [2.24, 2.45) is 4.40 Å². The van der Waals surface area contributed by atoms with Gasteiger partial charge in [-0.2, -0.15) is 0 Å². The summed E-state index contributed by atoms with van der Waals surface area (Å²) in [5.74, 6) is -0.474. The van der Waals surface area contributed by atoms with Crippen molar-refractivity contribution in [3.05, 3.63) is 34.1 Å². The van der Waals surface area contributed by atoms with Crippen molar-refractivity contribution in [2.75, 3.05) is 6.67 Å². The molecular formula is C12H14BrF2NS. The van der Waals surface area contributed by atoms with E-state index in [2.05, 4.69) is 20.3 Å². The lowest BCUT2D eigenvalue weighted by Gasteiger charge is -2.14. The highest BCUT2D eigenvalue weighted by Gasteiger charge is 2.15. The van der Waals surface area contributed by atoms with Crippen LogP contribution in [0.3, 0.4) is 0 Å². The average Bonchev–Trinajstić information content (AvgIpc) is 2.23. The lowest BCUT2D eigenvalue weighted by Crippen LogP contribution is -2.10. The largest absolute Gasteiger partial charge is 0.244 e. The van der Waals surface area contributed by atoms with Gasteiger partial charge < -0.3 is 0 Å². The fourth-order valence-corrected chi connectivity index (χ4v) is 1.96. The van der Waals surface area contributed by atoms with Gasteiger partial charge in [0.05, 0.1) is 10.2 Å². The topological polar surface area (TPSA) is 12.4 Å². The van der Waals surface area contributed by atoms with Gasteiger partial charge in [-0.25, -0.2) is 13.2 Å². The van der Waals surface area contributed by atoms with Crippen LogP contribution in [0, 0.1) is 5.82 Å². The Morgan fingerprint density at radius 2 is 2.06 bits per heavy atom. The van der Waals surface area contributed by atoms with Crippen LogP contribution in [-0.2, 0) is 0 Å². The maximum Gasteiger partial charge on any atom is 0.146 e. The van der Waals surface area contributed by atoms with Crippen LogP contribution in [0.4, 0.5) is 8.78 Å². The van der Waals surface area contributed by atoms with Crippen molar-refractivity contribution in [2.45, 2.75) is 25.5 Å². The number of benzene rings is 1. The van der Waals surface area contributed by atoms with E-state index >= 15 is 0 Å². The maximum absolute atomic E-state index is 13.8. The highest BCUT2D eigenvalue weighted by molar-refractivity contribution is 9.10. The van der Waals surface area contributed by atoms with E-state index in [1.165, 1.54) is 18.0 Å². The average molecular weight is 322 g/mol. The lowest BCUT2D eigenvalue weighted by atomic mass is 10.1. The number of halogens is 3. The second-order valence-corrected chi connectivity index (χ2v) is 6.92. The zero-order valence-corrected chi connectivity index (χ0v) is 12.3. The Morgan fingerprint density at radius 1 is 1.41 bits per heavy atom. The van der Waals surface area contributed by atoms with E-state index in [9.17, 15) is 8.78 Å². The molecule has 94 valence electrons. The number of hydrogen-bond acceptors (Lipinski definition) is 2. The monoisotopic (exact) mass is 321 g/mol. The Labute approximate surface area is 113 Å². The van der Waals surface area contributed by atoms with E-state index in [4.69, 9.17) is 0 Å². The minimum Gasteiger partial charge on any atom is -0.244 e. The first-order chi connectivity index (χ1) is 7.85. The van der Waals surface area contributed by atoms with Gasteiger partial charge >= 0.3 is 0 Å². The second-order valence-electron chi connectivity index (χ2n) is 4.48. The summed E-state index contributed by atoms with van der Waals surface area (Å²) in [6.45, 7) is 5.12. The Morgan fingerprint density at radius 3 is 2.59 bits per heavy atom. The van der Waals surface area contributed by atoms with Gasteiger partial charge in [-0.15, -0.1) is 0 Å². The quantitative estimate of drug-likeness (QED) is 0.575. The predicted octanol–water partition coefficient (Wildman–Crippen LogP) is 4.79. The second kappa shape index (κ2) is 5.96. The SMILES string of the molecule is CC(C)(C)SN=C(CF)c1cccc(Br)c1F. The fraction of sp³-hybridized carbons (Fsp3) is 0.417. The van der Waals surface area contributed by atoms with Gasteiger partial charge in [-0.3, -0.25) is 0 Å². The fourth-order valence-electron chi connectivity index (χ4n) is 1.06. The highest BCUT2D eigenvalue weighted by Crippen LogP contribution is 2.26. The third kappa shape index (κ3) is 4.39. The van der Waals surface area contributed by atoms with Gasteiger partial charge in [0.15, 0.2) is 0 Å². The molecule has 0 bridgehead atoms. The molecule has 0 aliphatic heterocycles. The van der Waals surface area contributed by atoms with Crippen molar-refractivity contribution < 1.29 is 8.78 Å². The molecule has 0 spiro atoms. The van der Waals surface area contributed by atoms with Crippen molar-refractivity contribution in [3.8, 4) is 0 Å². The van der Waals surface area contributed by atoms with Crippen molar-refractivity contribution in [1.82, 2.24) is 0 Å². The third-order valence-corrected chi connectivity index (χ3v) is 3.29. The number of rotatable bonds is 3. The van der Waals surface area contributed by atoms with E-state index < -0.39 is 12.5 Å². The van der Waals surface area contributed by atoms with Gasteiger partial charge in [-0.1, -0.05) is 6.07 Å².